The summed E-state index contributed by atoms with van der Waals surface area (Å²) in [6, 6.07) is 15.1. The van der Waals surface area contributed by atoms with E-state index in [4.69, 9.17) is 0 Å². The average Bonchev–Trinajstić information content (AvgIpc) is 3.00. The van der Waals surface area contributed by atoms with Crippen molar-refractivity contribution in [2.24, 2.45) is 0 Å². The van der Waals surface area contributed by atoms with Gasteiger partial charge in [0.05, 0.1) is 0 Å². The average molecular weight is 242 g/mol. The normalized spacial score (nSPS) is 12.9. The van der Waals surface area contributed by atoms with Gasteiger partial charge in [0.25, 0.3) is 0 Å². The number of anilines is 1. The SMILES string of the molecule is Cl.Cl.c1ccc2c(N3CC3)cccc2c1. The predicted molar refractivity (Wildman–Crippen MR) is 70.7 cm³/mol. The van der Waals surface area contributed by atoms with Gasteiger partial charge >= 0.3 is 0 Å². The first-order chi connectivity index (χ1) is 6.45. The molecule has 15 heavy (non-hydrogen) atoms. The molecule has 0 unspecified atom stereocenters. The molecule has 1 nitrogen and oxygen atoms in total. The third-order valence-electron chi connectivity index (χ3n) is 2.55. The highest BCUT2D eigenvalue weighted by Crippen LogP contribution is 2.29. The second kappa shape index (κ2) is 4.73. The Morgan fingerprint density at radius 2 is 1.47 bits per heavy atom. The van der Waals surface area contributed by atoms with Crippen LogP contribution in [0.1, 0.15) is 0 Å². The van der Waals surface area contributed by atoms with Crippen LogP contribution in [0.2, 0.25) is 0 Å². The Kier molecular flexibility index (Phi) is 3.83. The van der Waals surface area contributed by atoms with Crippen molar-refractivity contribution in [3.05, 3.63) is 42.5 Å². The van der Waals surface area contributed by atoms with Crippen LogP contribution in [0.3, 0.4) is 0 Å². The molecule has 0 radical (unpaired) electrons. The van der Waals surface area contributed by atoms with Crippen LogP contribution in [-0.4, -0.2) is 13.1 Å². The molecular formula is C12H13Cl2N. The van der Waals surface area contributed by atoms with Crippen molar-refractivity contribution < 1.29 is 0 Å². The van der Waals surface area contributed by atoms with E-state index >= 15 is 0 Å². The minimum absolute atomic E-state index is 0. The van der Waals surface area contributed by atoms with Crippen LogP contribution in [-0.2, 0) is 0 Å². The van der Waals surface area contributed by atoms with Crippen LogP contribution in [0.5, 0.6) is 0 Å². The van der Waals surface area contributed by atoms with Crippen molar-refractivity contribution in [1.29, 1.82) is 0 Å². The van der Waals surface area contributed by atoms with Gasteiger partial charge in [0, 0.05) is 24.2 Å². The molecule has 80 valence electrons. The number of hydrogen-bond acceptors (Lipinski definition) is 1. The van der Waals surface area contributed by atoms with E-state index in [2.05, 4.69) is 47.4 Å². The van der Waals surface area contributed by atoms with Gasteiger partial charge < -0.3 is 4.90 Å². The van der Waals surface area contributed by atoms with E-state index in [0.29, 0.717) is 0 Å². The monoisotopic (exact) mass is 241 g/mol. The van der Waals surface area contributed by atoms with E-state index in [-0.39, 0.29) is 24.8 Å². The summed E-state index contributed by atoms with van der Waals surface area (Å²) in [4.78, 5) is 2.39. The first-order valence-electron chi connectivity index (χ1n) is 4.68. The van der Waals surface area contributed by atoms with Gasteiger partial charge in [-0.25, -0.2) is 0 Å². The van der Waals surface area contributed by atoms with E-state index in [1.165, 1.54) is 29.5 Å². The smallest absolute Gasteiger partial charge is 0.0447 e. The zero-order valence-electron chi connectivity index (χ0n) is 8.22. The van der Waals surface area contributed by atoms with Crippen LogP contribution < -0.4 is 4.90 Å². The first-order valence-corrected chi connectivity index (χ1v) is 4.68. The molecule has 2 aromatic carbocycles. The van der Waals surface area contributed by atoms with Crippen molar-refractivity contribution in [3.8, 4) is 0 Å². The molecule has 0 aromatic heterocycles. The Balaban J connectivity index is 0.000000562. The number of fused-ring (bicyclic) bond motifs is 1. The summed E-state index contributed by atoms with van der Waals surface area (Å²) in [5.41, 5.74) is 1.39. The van der Waals surface area contributed by atoms with Gasteiger partial charge in [-0.1, -0.05) is 36.4 Å². The second-order valence-electron chi connectivity index (χ2n) is 3.49. The molecular weight excluding hydrogens is 229 g/mol. The summed E-state index contributed by atoms with van der Waals surface area (Å²) in [7, 11) is 0. The van der Waals surface area contributed by atoms with E-state index in [0.717, 1.165) is 0 Å². The largest absolute Gasteiger partial charge is 0.367 e. The zero-order valence-corrected chi connectivity index (χ0v) is 9.85. The quantitative estimate of drug-likeness (QED) is 0.691. The lowest BCUT2D eigenvalue weighted by molar-refractivity contribution is 1.42. The molecule has 0 spiro atoms. The van der Waals surface area contributed by atoms with Crippen LogP contribution in [0.25, 0.3) is 10.8 Å². The first kappa shape index (κ1) is 12.2. The number of benzene rings is 2. The van der Waals surface area contributed by atoms with Crippen molar-refractivity contribution in [2.45, 2.75) is 0 Å². The Labute approximate surface area is 102 Å². The van der Waals surface area contributed by atoms with Gasteiger partial charge in [0.1, 0.15) is 0 Å². The molecule has 1 aliphatic rings. The molecule has 0 aliphatic carbocycles. The molecule has 0 bridgehead atoms. The highest BCUT2D eigenvalue weighted by Gasteiger charge is 2.19. The lowest BCUT2D eigenvalue weighted by Gasteiger charge is -2.06. The van der Waals surface area contributed by atoms with Crippen molar-refractivity contribution in [1.82, 2.24) is 0 Å². The maximum Gasteiger partial charge on any atom is 0.0447 e. The number of hydrogen-bond donors (Lipinski definition) is 0. The maximum atomic E-state index is 2.39. The molecule has 1 fully saturated rings. The lowest BCUT2D eigenvalue weighted by Crippen LogP contribution is -1.90. The fourth-order valence-electron chi connectivity index (χ4n) is 1.77. The standard InChI is InChI=1S/C12H11N.2ClH/c1-2-6-11-10(4-1)5-3-7-12(11)13-8-9-13;;/h1-7H,8-9H2;2*1H. The van der Waals surface area contributed by atoms with Crippen LogP contribution in [0.4, 0.5) is 5.69 Å². The molecule has 0 amide bonds. The predicted octanol–water partition coefficient (Wildman–Crippen LogP) is 3.50. The van der Waals surface area contributed by atoms with Gasteiger partial charge in [0.15, 0.2) is 0 Å². The Morgan fingerprint density at radius 1 is 0.800 bits per heavy atom. The molecule has 1 saturated heterocycles. The molecule has 3 heteroatoms. The van der Waals surface area contributed by atoms with Crippen molar-refractivity contribution in [3.63, 3.8) is 0 Å². The molecule has 0 N–H and O–H groups in total. The van der Waals surface area contributed by atoms with Gasteiger partial charge in [-0.05, 0) is 11.5 Å². The highest BCUT2D eigenvalue weighted by atomic mass is 35.5. The zero-order chi connectivity index (χ0) is 8.67. The summed E-state index contributed by atoms with van der Waals surface area (Å²) in [5.74, 6) is 0. The van der Waals surface area contributed by atoms with Crippen LogP contribution in [0.15, 0.2) is 42.5 Å². The van der Waals surface area contributed by atoms with Crippen molar-refractivity contribution in [2.75, 3.05) is 18.0 Å². The van der Waals surface area contributed by atoms with E-state index in [1.807, 2.05) is 0 Å². The number of rotatable bonds is 1. The second-order valence-corrected chi connectivity index (χ2v) is 3.49. The topological polar surface area (TPSA) is 3.01 Å². The Hall–Kier alpha value is -0.920. The molecule has 0 saturated carbocycles. The van der Waals surface area contributed by atoms with Crippen LogP contribution >= 0.6 is 24.8 Å². The van der Waals surface area contributed by atoms with Crippen molar-refractivity contribution >= 4 is 41.3 Å². The van der Waals surface area contributed by atoms with Crippen LogP contribution in [0, 0.1) is 0 Å². The minimum Gasteiger partial charge on any atom is -0.367 e. The van der Waals surface area contributed by atoms with E-state index in [1.54, 1.807) is 0 Å². The van der Waals surface area contributed by atoms with Gasteiger partial charge in [-0.15, -0.1) is 24.8 Å². The third-order valence-corrected chi connectivity index (χ3v) is 2.55. The molecule has 2 aromatic rings. The lowest BCUT2D eigenvalue weighted by atomic mass is 10.1. The molecule has 3 rings (SSSR count). The fraction of sp³-hybridized carbons (Fsp3) is 0.167. The van der Waals surface area contributed by atoms with Gasteiger partial charge in [0.2, 0.25) is 0 Å². The molecule has 1 aliphatic heterocycles. The molecule has 1 heterocycles. The Bertz CT molecular complexity index is 447. The summed E-state index contributed by atoms with van der Waals surface area (Å²) < 4.78 is 0. The number of nitrogens with zero attached hydrogens (tertiary/aromatic N) is 1. The van der Waals surface area contributed by atoms with E-state index in [9.17, 15) is 0 Å². The van der Waals surface area contributed by atoms with E-state index < -0.39 is 0 Å². The summed E-state index contributed by atoms with van der Waals surface area (Å²) >= 11 is 0. The van der Waals surface area contributed by atoms with Gasteiger partial charge in [-0.2, -0.15) is 0 Å². The summed E-state index contributed by atoms with van der Waals surface area (Å²) in [6.07, 6.45) is 0. The third kappa shape index (κ3) is 2.19. The maximum absolute atomic E-state index is 2.39. The summed E-state index contributed by atoms with van der Waals surface area (Å²) in [5, 5.41) is 2.72. The Morgan fingerprint density at radius 3 is 2.20 bits per heavy atom. The number of halogens is 2. The van der Waals surface area contributed by atoms with Gasteiger partial charge in [-0.3, -0.25) is 0 Å². The summed E-state index contributed by atoms with van der Waals surface area (Å²) in [6.45, 7) is 2.43. The molecule has 0 atom stereocenters. The highest BCUT2D eigenvalue weighted by molar-refractivity contribution is 5.95. The fourth-order valence-corrected chi connectivity index (χ4v) is 1.77. The minimum atomic E-state index is 0.